The molecule has 2 atom stereocenters. The van der Waals surface area contributed by atoms with E-state index >= 15 is 0 Å². The summed E-state index contributed by atoms with van der Waals surface area (Å²) in [5.74, 6) is 1.47. The van der Waals surface area contributed by atoms with Crippen LogP contribution in [0.25, 0.3) is 0 Å². The van der Waals surface area contributed by atoms with Crippen molar-refractivity contribution >= 4 is 12.2 Å². The zero-order chi connectivity index (χ0) is 18.5. The van der Waals surface area contributed by atoms with E-state index in [4.69, 9.17) is 4.74 Å². The van der Waals surface area contributed by atoms with Gasteiger partial charge in [0.2, 0.25) is 5.88 Å². The van der Waals surface area contributed by atoms with E-state index in [1.807, 2.05) is 20.0 Å². The molecule has 2 unspecified atom stereocenters. The molecule has 0 saturated heterocycles. The second-order valence-electron chi connectivity index (χ2n) is 7.70. The van der Waals surface area contributed by atoms with E-state index in [1.54, 1.807) is 6.07 Å². The van der Waals surface area contributed by atoms with Crippen molar-refractivity contribution in [2.45, 2.75) is 51.0 Å². The highest BCUT2D eigenvalue weighted by Gasteiger charge is 2.30. The normalized spacial score (nSPS) is 18.8. The number of pyridine rings is 1. The molecule has 0 spiro atoms. The van der Waals surface area contributed by atoms with E-state index in [0.717, 1.165) is 11.8 Å². The highest BCUT2D eigenvalue weighted by Crippen LogP contribution is 2.44. The first-order valence-electron chi connectivity index (χ1n) is 9.65. The average Bonchev–Trinajstić information content (AvgIpc) is 3.53. The molecule has 2 saturated carbocycles. The summed E-state index contributed by atoms with van der Waals surface area (Å²) in [7, 11) is 1.83. The van der Waals surface area contributed by atoms with Crippen molar-refractivity contribution < 1.29 is 14.3 Å². The summed E-state index contributed by atoms with van der Waals surface area (Å²) in [5, 5.41) is 6.05. The third-order valence-corrected chi connectivity index (χ3v) is 4.97. The maximum Gasteiger partial charge on any atom is 0.270 e. The van der Waals surface area contributed by atoms with E-state index in [1.165, 1.54) is 25.7 Å². The predicted octanol–water partition coefficient (Wildman–Crippen LogP) is 2.29. The second kappa shape index (κ2) is 8.62. The van der Waals surface area contributed by atoms with Crippen LogP contribution in [-0.2, 0) is 4.79 Å². The molecule has 2 fully saturated rings. The molecule has 1 amide bonds. The van der Waals surface area contributed by atoms with Gasteiger partial charge in [-0.25, -0.2) is 4.98 Å². The van der Waals surface area contributed by atoms with Gasteiger partial charge in [0.25, 0.3) is 5.91 Å². The minimum Gasteiger partial charge on any atom is -0.477 e. The third-order valence-electron chi connectivity index (χ3n) is 4.97. The lowest BCUT2D eigenvalue weighted by Crippen LogP contribution is -2.42. The molecule has 1 aromatic rings. The number of rotatable bonds is 11. The number of likely N-dealkylation sites (N-methyl/N-ethyl adjacent to an activating group) is 1. The summed E-state index contributed by atoms with van der Waals surface area (Å²) in [4.78, 5) is 28.1. The van der Waals surface area contributed by atoms with Crippen LogP contribution < -0.4 is 15.4 Å². The van der Waals surface area contributed by atoms with Crippen LogP contribution in [0.2, 0.25) is 0 Å². The van der Waals surface area contributed by atoms with E-state index in [-0.39, 0.29) is 17.9 Å². The van der Waals surface area contributed by atoms with Gasteiger partial charge in [0.15, 0.2) is 0 Å². The van der Waals surface area contributed by atoms with Crippen molar-refractivity contribution in [3.8, 4) is 5.88 Å². The van der Waals surface area contributed by atoms with Crippen LogP contribution >= 0.6 is 0 Å². The van der Waals surface area contributed by atoms with Crippen LogP contribution in [-0.4, -0.2) is 43.4 Å². The van der Waals surface area contributed by atoms with E-state index < -0.39 is 0 Å². The summed E-state index contributed by atoms with van der Waals surface area (Å²) < 4.78 is 5.94. The number of aromatic nitrogens is 1. The van der Waals surface area contributed by atoms with Crippen molar-refractivity contribution in [2.24, 2.45) is 11.8 Å². The van der Waals surface area contributed by atoms with Gasteiger partial charge in [-0.2, -0.15) is 0 Å². The molecule has 0 aromatic carbocycles. The Balaban J connectivity index is 1.68. The average molecular weight is 359 g/mol. The maximum atomic E-state index is 12.7. The monoisotopic (exact) mass is 359 g/mol. The zero-order valence-electron chi connectivity index (χ0n) is 15.7. The first-order chi connectivity index (χ1) is 12.6. The molecule has 1 heterocycles. The van der Waals surface area contributed by atoms with Crippen LogP contribution in [0.3, 0.4) is 0 Å². The number of hydrogen-bond acceptors (Lipinski definition) is 5. The number of hydrogen-bond donors (Lipinski definition) is 2. The van der Waals surface area contributed by atoms with Gasteiger partial charge in [0.05, 0.1) is 6.61 Å². The standard InChI is InChI=1S/C20H29N3O3/c1-13(11-24)9-16(10-21-2)22-19(25)18-8-7-17(15-5-6-15)20(23-18)26-12-14-3-4-14/h7-8,11,13-16,21H,3-6,9-10,12H2,1-2H3,(H,22,25). The Kier molecular flexibility index (Phi) is 6.25. The molecule has 0 aliphatic heterocycles. The van der Waals surface area contributed by atoms with Gasteiger partial charge >= 0.3 is 0 Å². The summed E-state index contributed by atoms with van der Waals surface area (Å²) in [5.41, 5.74) is 1.50. The Morgan fingerprint density at radius 3 is 2.73 bits per heavy atom. The number of aldehydes is 1. The fourth-order valence-electron chi connectivity index (χ4n) is 3.08. The summed E-state index contributed by atoms with van der Waals surface area (Å²) in [6, 6.07) is 3.66. The molecule has 2 aliphatic rings. The number of carbonyl (C=O) groups excluding carboxylic acids is 2. The van der Waals surface area contributed by atoms with Crippen LogP contribution in [0.4, 0.5) is 0 Å². The lowest BCUT2D eigenvalue weighted by Gasteiger charge is -2.20. The molecular weight excluding hydrogens is 330 g/mol. The van der Waals surface area contributed by atoms with Crippen molar-refractivity contribution in [2.75, 3.05) is 20.2 Å². The van der Waals surface area contributed by atoms with Crippen LogP contribution in [0, 0.1) is 11.8 Å². The Hall–Kier alpha value is -1.95. The summed E-state index contributed by atoms with van der Waals surface area (Å²) >= 11 is 0. The smallest absolute Gasteiger partial charge is 0.270 e. The molecule has 0 radical (unpaired) electrons. The molecule has 3 rings (SSSR count). The molecule has 1 aromatic heterocycles. The highest BCUT2D eigenvalue weighted by atomic mass is 16.5. The molecule has 6 nitrogen and oxygen atoms in total. The van der Waals surface area contributed by atoms with Crippen molar-refractivity contribution in [3.05, 3.63) is 23.4 Å². The van der Waals surface area contributed by atoms with Crippen molar-refractivity contribution in [1.29, 1.82) is 0 Å². The Morgan fingerprint density at radius 1 is 1.35 bits per heavy atom. The fraction of sp³-hybridized carbons (Fsp3) is 0.650. The number of ether oxygens (including phenoxy) is 1. The highest BCUT2D eigenvalue weighted by molar-refractivity contribution is 5.92. The second-order valence-corrected chi connectivity index (χ2v) is 7.70. The molecule has 142 valence electrons. The minimum atomic E-state index is -0.220. The number of amides is 1. The van der Waals surface area contributed by atoms with Crippen LogP contribution in [0.15, 0.2) is 12.1 Å². The predicted molar refractivity (Wildman–Crippen MR) is 99.5 cm³/mol. The lowest BCUT2D eigenvalue weighted by molar-refractivity contribution is -0.110. The topological polar surface area (TPSA) is 80.3 Å². The summed E-state index contributed by atoms with van der Waals surface area (Å²) in [6.07, 6.45) is 6.30. The first-order valence-corrected chi connectivity index (χ1v) is 9.65. The first kappa shape index (κ1) is 18.8. The Morgan fingerprint density at radius 2 is 2.12 bits per heavy atom. The fourth-order valence-corrected chi connectivity index (χ4v) is 3.08. The Labute approximate surface area is 155 Å². The van der Waals surface area contributed by atoms with Crippen LogP contribution in [0.1, 0.15) is 61.0 Å². The minimum absolute atomic E-state index is 0.101. The molecule has 6 heteroatoms. The maximum absolute atomic E-state index is 12.7. The van der Waals surface area contributed by atoms with Gasteiger partial charge in [0.1, 0.15) is 12.0 Å². The van der Waals surface area contributed by atoms with E-state index in [9.17, 15) is 9.59 Å². The molecule has 2 aliphatic carbocycles. The van der Waals surface area contributed by atoms with Crippen molar-refractivity contribution in [3.63, 3.8) is 0 Å². The SMILES string of the molecule is CNCC(CC(C)C=O)NC(=O)c1ccc(C2CC2)c(OCC2CC2)n1. The van der Waals surface area contributed by atoms with Gasteiger partial charge in [-0.1, -0.05) is 13.0 Å². The number of carbonyl (C=O) groups is 2. The van der Waals surface area contributed by atoms with Gasteiger partial charge < -0.3 is 20.2 Å². The summed E-state index contributed by atoms with van der Waals surface area (Å²) in [6.45, 7) is 3.15. The Bertz CT molecular complexity index is 641. The van der Waals surface area contributed by atoms with Gasteiger partial charge in [0, 0.05) is 24.1 Å². The third kappa shape index (κ3) is 5.27. The van der Waals surface area contributed by atoms with Crippen molar-refractivity contribution in [1.82, 2.24) is 15.6 Å². The largest absolute Gasteiger partial charge is 0.477 e. The molecule has 2 N–H and O–H groups in total. The van der Waals surface area contributed by atoms with E-state index in [2.05, 4.69) is 15.6 Å². The van der Waals surface area contributed by atoms with Gasteiger partial charge in [-0.05, 0) is 57.1 Å². The molecule has 0 bridgehead atoms. The molecule has 26 heavy (non-hydrogen) atoms. The van der Waals surface area contributed by atoms with E-state index in [0.29, 0.717) is 43.0 Å². The quantitative estimate of drug-likeness (QED) is 0.593. The number of nitrogens with zero attached hydrogens (tertiary/aromatic N) is 1. The number of nitrogens with one attached hydrogen (secondary N) is 2. The van der Waals surface area contributed by atoms with Gasteiger partial charge in [-0.15, -0.1) is 0 Å². The molecular formula is C20H29N3O3. The van der Waals surface area contributed by atoms with Crippen LogP contribution in [0.5, 0.6) is 5.88 Å². The van der Waals surface area contributed by atoms with Gasteiger partial charge in [-0.3, -0.25) is 4.79 Å². The lowest BCUT2D eigenvalue weighted by atomic mass is 10.0. The zero-order valence-corrected chi connectivity index (χ0v) is 15.7.